The van der Waals surface area contributed by atoms with Crippen LogP contribution < -0.4 is 10.2 Å². The fourth-order valence-corrected chi connectivity index (χ4v) is 2.88. The molecule has 0 aromatic heterocycles. The van der Waals surface area contributed by atoms with Crippen molar-refractivity contribution in [1.82, 2.24) is 5.32 Å². The highest BCUT2D eigenvalue weighted by Crippen LogP contribution is 2.34. The minimum Gasteiger partial charge on any atom is -0.383 e. The molecular weight excluding hydrogens is 248 g/mol. The van der Waals surface area contributed by atoms with E-state index >= 15 is 0 Å². The fourth-order valence-electron chi connectivity index (χ4n) is 2.88. The van der Waals surface area contributed by atoms with E-state index in [1.807, 2.05) is 0 Å². The zero-order valence-electron chi connectivity index (χ0n) is 13.3. The van der Waals surface area contributed by atoms with Gasteiger partial charge in [-0.2, -0.15) is 0 Å². The van der Waals surface area contributed by atoms with Crippen molar-refractivity contribution < 1.29 is 4.74 Å². The average molecular weight is 276 g/mol. The molecule has 1 heterocycles. The predicted molar refractivity (Wildman–Crippen MR) is 85.4 cm³/mol. The molecule has 1 aromatic rings. The molecule has 3 nitrogen and oxygen atoms in total. The third kappa shape index (κ3) is 3.97. The first kappa shape index (κ1) is 15.3. The van der Waals surface area contributed by atoms with E-state index in [0.717, 1.165) is 26.2 Å². The number of hydrogen-bond donors (Lipinski definition) is 1. The van der Waals surface area contributed by atoms with Crippen LogP contribution in [0.2, 0.25) is 0 Å². The van der Waals surface area contributed by atoms with Crippen LogP contribution >= 0.6 is 0 Å². The summed E-state index contributed by atoms with van der Waals surface area (Å²) in [7, 11) is 1.74. The summed E-state index contributed by atoms with van der Waals surface area (Å²) < 4.78 is 5.09. The number of benzene rings is 1. The van der Waals surface area contributed by atoms with Crippen LogP contribution in [-0.4, -0.2) is 33.4 Å². The van der Waals surface area contributed by atoms with Crippen LogP contribution in [0.4, 0.5) is 5.69 Å². The Morgan fingerprint density at radius 1 is 1.35 bits per heavy atom. The van der Waals surface area contributed by atoms with Crippen LogP contribution in [0.1, 0.15) is 31.4 Å². The lowest BCUT2D eigenvalue weighted by Gasteiger charge is -2.24. The Balaban J connectivity index is 2.08. The molecule has 0 saturated carbocycles. The monoisotopic (exact) mass is 276 g/mol. The van der Waals surface area contributed by atoms with Crippen LogP contribution in [-0.2, 0) is 11.3 Å². The quantitative estimate of drug-likeness (QED) is 0.809. The molecule has 112 valence electrons. The number of hydrogen-bond acceptors (Lipinski definition) is 3. The molecule has 0 amide bonds. The first-order valence-electron chi connectivity index (χ1n) is 7.56. The molecule has 0 radical (unpaired) electrons. The lowest BCUT2D eigenvalue weighted by atomic mass is 9.93. The normalized spacial score (nSPS) is 17.7. The Labute approximate surface area is 123 Å². The number of nitrogens with zero attached hydrogens (tertiary/aromatic N) is 1. The summed E-state index contributed by atoms with van der Waals surface area (Å²) in [5.41, 5.74) is 4.56. The molecule has 2 rings (SSSR count). The molecule has 0 aliphatic carbocycles. The van der Waals surface area contributed by atoms with Crippen LogP contribution in [0.25, 0.3) is 0 Å². The summed E-state index contributed by atoms with van der Waals surface area (Å²) in [4.78, 5) is 2.53. The van der Waals surface area contributed by atoms with Gasteiger partial charge in [-0.15, -0.1) is 0 Å². The van der Waals surface area contributed by atoms with Crippen LogP contribution in [0.5, 0.6) is 0 Å². The number of methoxy groups -OCH3 is 1. The van der Waals surface area contributed by atoms with E-state index in [1.54, 1.807) is 7.11 Å². The maximum Gasteiger partial charge on any atom is 0.0587 e. The minimum atomic E-state index is 0.436. The zero-order chi connectivity index (χ0) is 14.6. The number of nitrogens with one attached hydrogen (secondary N) is 1. The molecular formula is C17H28N2O. The van der Waals surface area contributed by atoms with Crippen LogP contribution in [0, 0.1) is 12.3 Å². The van der Waals surface area contributed by atoms with Gasteiger partial charge in [-0.05, 0) is 30.4 Å². The molecule has 0 unspecified atom stereocenters. The minimum absolute atomic E-state index is 0.436. The summed E-state index contributed by atoms with van der Waals surface area (Å²) in [5, 5.41) is 3.46. The highest BCUT2D eigenvalue weighted by atomic mass is 16.5. The van der Waals surface area contributed by atoms with Crippen molar-refractivity contribution in [1.29, 1.82) is 0 Å². The highest BCUT2D eigenvalue weighted by molar-refractivity contribution is 5.56. The smallest absolute Gasteiger partial charge is 0.0587 e. The predicted octanol–water partition coefficient (Wildman–Crippen LogP) is 2.97. The number of rotatable bonds is 6. The van der Waals surface area contributed by atoms with Crippen molar-refractivity contribution >= 4 is 5.69 Å². The summed E-state index contributed by atoms with van der Waals surface area (Å²) >= 11 is 0. The summed E-state index contributed by atoms with van der Waals surface area (Å²) in [6.07, 6.45) is 1.28. The standard InChI is InChI=1S/C17H28N2O/c1-14-5-6-16(19-9-7-17(2,3)13-19)15(11-14)12-18-8-10-20-4/h5-6,11,18H,7-10,12-13H2,1-4H3. The topological polar surface area (TPSA) is 24.5 Å². The first-order chi connectivity index (χ1) is 9.52. The summed E-state index contributed by atoms with van der Waals surface area (Å²) in [6.45, 7) is 11.8. The van der Waals surface area contributed by atoms with Gasteiger partial charge in [0.25, 0.3) is 0 Å². The van der Waals surface area contributed by atoms with Crippen molar-refractivity contribution in [2.75, 3.05) is 38.3 Å². The molecule has 20 heavy (non-hydrogen) atoms. The van der Waals surface area contributed by atoms with Gasteiger partial charge in [-0.3, -0.25) is 0 Å². The van der Waals surface area contributed by atoms with Gasteiger partial charge in [0.15, 0.2) is 0 Å². The molecule has 3 heteroatoms. The van der Waals surface area contributed by atoms with Gasteiger partial charge in [0.05, 0.1) is 6.61 Å². The highest BCUT2D eigenvalue weighted by Gasteiger charge is 2.30. The SMILES string of the molecule is COCCNCc1cc(C)ccc1N1CCC(C)(C)C1. The van der Waals surface area contributed by atoms with Gasteiger partial charge < -0.3 is 15.0 Å². The maximum atomic E-state index is 5.09. The lowest BCUT2D eigenvalue weighted by Crippen LogP contribution is -2.25. The zero-order valence-corrected chi connectivity index (χ0v) is 13.3. The molecule has 1 N–H and O–H groups in total. The van der Waals surface area contributed by atoms with Crippen LogP contribution in [0.15, 0.2) is 18.2 Å². The van der Waals surface area contributed by atoms with E-state index in [1.165, 1.54) is 29.8 Å². The second-order valence-electron chi connectivity index (χ2n) is 6.64. The van der Waals surface area contributed by atoms with Crippen molar-refractivity contribution in [2.24, 2.45) is 5.41 Å². The van der Waals surface area contributed by atoms with Gasteiger partial charge >= 0.3 is 0 Å². The summed E-state index contributed by atoms with van der Waals surface area (Å²) in [6, 6.07) is 6.81. The van der Waals surface area contributed by atoms with Crippen molar-refractivity contribution in [2.45, 2.75) is 33.7 Å². The third-order valence-electron chi connectivity index (χ3n) is 4.05. The van der Waals surface area contributed by atoms with Crippen molar-refractivity contribution in [3.8, 4) is 0 Å². The molecule has 1 saturated heterocycles. The molecule has 0 bridgehead atoms. The Bertz CT molecular complexity index is 443. The maximum absolute atomic E-state index is 5.09. The van der Waals surface area contributed by atoms with Crippen molar-refractivity contribution in [3.05, 3.63) is 29.3 Å². The molecule has 0 spiro atoms. The van der Waals surface area contributed by atoms with E-state index < -0.39 is 0 Å². The van der Waals surface area contributed by atoms with Crippen molar-refractivity contribution in [3.63, 3.8) is 0 Å². The molecule has 1 fully saturated rings. The molecule has 1 aromatic carbocycles. The molecule has 1 aliphatic heterocycles. The van der Waals surface area contributed by atoms with Gasteiger partial charge in [-0.25, -0.2) is 0 Å². The Morgan fingerprint density at radius 3 is 2.80 bits per heavy atom. The number of anilines is 1. The van der Waals surface area contributed by atoms with Gasteiger partial charge in [-0.1, -0.05) is 31.5 Å². The van der Waals surface area contributed by atoms with E-state index in [-0.39, 0.29) is 0 Å². The number of aryl methyl sites for hydroxylation is 1. The fraction of sp³-hybridized carbons (Fsp3) is 0.647. The van der Waals surface area contributed by atoms with Crippen LogP contribution in [0.3, 0.4) is 0 Å². The Morgan fingerprint density at radius 2 is 2.15 bits per heavy atom. The second kappa shape index (κ2) is 6.59. The second-order valence-corrected chi connectivity index (χ2v) is 6.64. The summed E-state index contributed by atoms with van der Waals surface area (Å²) in [5.74, 6) is 0. The number of ether oxygens (including phenoxy) is 1. The largest absolute Gasteiger partial charge is 0.383 e. The molecule has 1 aliphatic rings. The van der Waals surface area contributed by atoms with E-state index in [2.05, 4.69) is 49.2 Å². The third-order valence-corrected chi connectivity index (χ3v) is 4.05. The van der Waals surface area contributed by atoms with Gasteiger partial charge in [0.2, 0.25) is 0 Å². The van der Waals surface area contributed by atoms with E-state index in [0.29, 0.717) is 5.41 Å². The van der Waals surface area contributed by atoms with Gasteiger partial charge in [0.1, 0.15) is 0 Å². The average Bonchev–Trinajstić information content (AvgIpc) is 2.75. The lowest BCUT2D eigenvalue weighted by molar-refractivity contribution is 0.199. The molecule has 0 atom stereocenters. The Kier molecular flexibility index (Phi) is 5.06. The first-order valence-corrected chi connectivity index (χ1v) is 7.56. The van der Waals surface area contributed by atoms with E-state index in [9.17, 15) is 0 Å². The Hall–Kier alpha value is -1.06. The van der Waals surface area contributed by atoms with Gasteiger partial charge in [0, 0.05) is 39.0 Å². The van der Waals surface area contributed by atoms with E-state index in [4.69, 9.17) is 4.74 Å².